The third-order valence-corrected chi connectivity index (χ3v) is 7.59. The number of anilines is 1. The molecule has 4 N–H and O–H groups in total. The molecule has 1 aromatic carbocycles. The Morgan fingerprint density at radius 1 is 1.13 bits per heavy atom. The van der Waals surface area contributed by atoms with Gasteiger partial charge in [0.1, 0.15) is 4.90 Å². The summed E-state index contributed by atoms with van der Waals surface area (Å²) in [5, 5.41) is 16.9. The minimum atomic E-state index is -4.88. The molecule has 0 aliphatic heterocycles. The number of halogens is 2. The Kier molecular flexibility index (Phi) is 8.81. The summed E-state index contributed by atoms with van der Waals surface area (Å²) in [6.45, 7) is 0.779. The Hall–Kier alpha value is -1.76. The van der Waals surface area contributed by atoms with Crippen LogP contribution in [0.15, 0.2) is 21.9 Å². The van der Waals surface area contributed by atoms with Crippen LogP contribution in [0.3, 0.4) is 0 Å². The highest BCUT2D eigenvalue weighted by atomic mass is 32.2. The van der Waals surface area contributed by atoms with Gasteiger partial charge in [0.2, 0.25) is 10.0 Å². The summed E-state index contributed by atoms with van der Waals surface area (Å²) in [5.74, 6) is -4.82. The maximum atomic E-state index is 15.4. The van der Waals surface area contributed by atoms with Crippen LogP contribution >= 0.6 is 0 Å². The predicted molar refractivity (Wildman–Crippen MR) is 112 cm³/mol. The molecule has 0 heterocycles. The molecule has 1 aliphatic rings. The number of hydrogen-bond donors (Lipinski definition) is 3. The first kappa shape index (κ1) is 25.5. The first-order chi connectivity index (χ1) is 14.5. The van der Waals surface area contributed by atoms with Gasteiger partial charge < -0.3 is 15.2 Å². The van der Waals surface area contributed by atoms with Gasteiger partial charge in [0.05, 0.1) is 18.0 Å². The number of hydrogen-bond acceptors (Lipinski definition) is 7. The third-order valence-electron chi connectivity index (χ3n) is 4.83. The molecule has 1 atom stereocenters. The number of benzene rings is 1. The highest BCUT2D eigenvalue weighted by Gasteiger charge is 2.37. The summed E-state index contributed by atoms with van der Waals surface area (Å²) in [6, 6.07) is -0.389. The van der Waals surface area contributed by atoms with Crippen LogP contribution in [0.25, 0.3) is 0 Å². The predicted octanol–water partition coefficient (Wildman–Crippen LogP) is 2.47. The smallest absolute Gasteiger partial charge is 0.244 e. The SMILES string of the molecule is CCOc1c(F)c(S(N)(=O)=O)c(F)c(N[C@@H]2CC/C=C\CCC2)c1S(=O)(=O)CCCO. The molecule has 1 aliphatic carbocycles. The summed E-state index contributed by atoms with van der Waals surface area (Å²) >= 11 is 0. The van der Waals surface area contributed by atoms with Crippen LogP contribution < -0.4 is 15.2 Å². The van der Waals surface area contributed by atoms with E-state index in [-0.39, 0.29) is 19.1 Å². The van der Waals surface area contributed by atoms with Crippen molar-refractivity contribution in [3.05, 3.63) is 23.8 Å². The van der Waals surface area contributed by atoms with Crippen molar-refractivity contribution < 1.29 is 35.5 Å². The van der Waals surface area contributed by atoms with Crippen LogP contribution in [0.2, 0.25) is 0 Å². The molecule has 176 valence electrons. The number of primary sulfonamides is 1. The minimum Gasteiger partial charge on any atom is -0.489 e. The van der Waals surface area contributed by atoms with E-state index in [0.29, 0.717) is 19.3 Å². The summed E-state index contributed by atoms with van der Waals surface area (Å²) in [4.78, 5) is -2.26. The van der Waals surface area contributed by atoms with Gasteiger partial charge in [-0.3, -0.25) is 0 Å². The zero-order chi connectivity index (χ0) is 23.2. The minimum absolute atomic E-state index is 0.179. The zero-order valence-electron chi connectivity index (χ0n) is 17.2. The largest absolute Gasteiger partial charge is 0.489 e. The lowest BCUT2D eigenvalue weighted by Crippen LogP contribution is -2.26. The normalized spacial score (nSPS) is 18.8. The van der Waals surface area contributed by atoms with E-state index in [1.165, 1.54) is 6.92 Å². The number of nitrogens with one attached hydrogen (secondary N) is 1. The average molecular weight is 483 g/mol. The number of sulfone groups is 1. The standard InChI is InChI=1S/C19H28F2N2O6S2/c1-2-29-17-15(21)18(31(22,27)28)14(20)16(19(17)30(25,26)12-8-11-24)23-13-9-6-4-3-5-7-10-13/h3-4,13,23-24H,2,5-12H2,1H3,(H2,22,27,28)/b4-3-/t13-/m1/s1. The molecule has 31 heavy (non-hydrogen) atoms. The number of rotatable bonds is 9. The molecule has 0 saturated carbocycles. The topological polar surface area (TPSA) is 136 Å². The van der Waals surface area contributed by atoms with Crippen molar-refractivity contribution in [3.63, 3.8) is 0 Å². The fourth-order valence-corrected chi connectivity index (χ4v) is 5.74. The Balaban J connectivity index is 2.79. The van der Waals surface area contributed by atoms with Crippen LogP contribution in [0.1, 0.15) is 45.4 Å². The summed E-state index contributed by atoms with van der Waals surface area (Å²) < 4.78 is 85.4. The lowest BCUT2D eigenvalue weighted by Gasteiger charge is -2.25. The number of aliphatic hydroxyl groups is 1. The molecule has 0 radical (unpaired) electrons. The molecule has 0 unspecified atom stereocenters. The monoisotopic (exact) mass is 482 g/mol. The van der Waals surface area contributed by atoms with Gasteiger partial charge in [0.25, 0.3) is 0 Å². The van der Waals surface area contributed by atoms with E-state index in [4.69, 9.17) is 15.0 Å². The maximum Gasteiger partial charge on any atom is 0.244 e. The quantitative estimate of drug-likeness (QED) is 0.460. The molecule has 0 fully saturated rings. The van der Waals surface area contributed by atoms with E-state index >= 15 is 8.78 Å². The number of sulfonamides is 1. The Morgan fingerprint density at radius 2 is 1.81 bits per heavy atom. The second kappa shape index (κ2) is 10.7. The Labute approximate surface area is 181 Å². The van der Waals surface area contributed by atoms with Crippen molar-refractivity contribution in [2.24, 2.45) is 5.14 Å². The van der Waals surface area contributed by atoms with Gasteiger partial charge in [-0.25, -0.2) is 30.8 Å². The van der Waals surface area contributed by atoms with Gasteiger partial charge in [-0.15, -0.1) is 0 Å². The van der Waals surface area contributed by atoms with Crippen molar-refractivity contribution in [3.8, 4) is 5.75 Å². The van der Waals surface area contributed by atoms with E-state index in [1.807, 2.05) is 12.2 Å². The van der Waals surface area contributed by atoms with E-state index in [0.717, 1.165) is 12.8 Å². The van der Waals surface area contributed by atoms with Crippen molar-refractivity contribution in [2.75, 3.05) is 24.3 Å². The summed E-state index contributed by atoms with van der Waals surface area (Å²) in [7, 11) is -9.23. The van der Waals surface area contributed by atoms with Crippen molar-refractivity contribution in [2.45, 2.75) is 61.3 Å². The fraction of sp³-hybridized carbons (Fsp3) is 0.579. The first-order valence-electron chi connectivity index (χ1n) is 10.00. The van der Waals surface area contributed by atoms with Crippen LogP contribution in [0.5, 0.6) is 5.75 Å². The zero-order valence-corrected chi connectivity index (χ0v) is 18.9. The number of allylic oxidation sites excluding steroid dienone is 2. The van der Waals surface area contributed by atoms with Gasteiger partial charge >= 0.3 is 0 Å². The fourth-order valence-electron chi connectivity index (χ4n) is 3.44. The molecule has 0 amide bonds. The van der Waals surface area contributed by atoms with Gasteiger partial charge in [0, 0.05) is 12.6 Å². The van der Waals surface area contributed by atoms with E-state index < -0.39 is 65.1 Å². The Bertz CT molecular complexity index is 1030. The molecule has 0 saturated heterocycles. The number of aliphatic hydroxyl groups excluding tert-OH is 1. The highest BCUT2D eigenvalue weighted by Crippen LogP contribution is 2.42. The Morgan fingerprint density at radius 3 is 2.42 bits per heavy atom. The highest BCUT2D eigenvalue weighted by molar-refractivity contribution is 7.91. The molecular formula is C19H28F2N2O6S2. The molecule has 12 heteroatoms. The van der Waals surface area contributed by atoms with E-state index in [1.54, 1.807) is 0 Å². The lowest BCUT2D eigenvalue weighted by molar-refractivity contribution is 0.294. The molecular weight excluding hydrogens is 454 g/mol. The van der Waals surface area contributed by atoms with E-state index in [9.17, 15) is 16.8 Å². The lowest BCUT2D eigenvalue weighted by atomic mass is 10.0. The van der Waals surface area contributed by atoms with Gasteiger partial charge in [-0.2, -0.15) is 0 Å². The molecule has 2 rings (SSSR count). The van der Waals surface area contributed by atoms with Gasteiger partial charge in [-0.05, 0) is 45.4 Å². The average Bonchev–Trinajstić information content (AvgIpc) is 2.64. The maximum absolute atomic E-state index is 15.4. The first-order valence-corrected chi connectivity index (χ1v) is 13.2. The van der Waals surface area contributed by atoms with Gasteiger partial charge in [-0.1, -0.05) is 12.2 Å². The third kappa shape index (κ3) is 6.15. The van der Waals surface area contributed by atoms with Crippen molar-refractivity contribution in [1.82, 2.24) is 0 Å². The number of ether oxygens (including phenoxy) is 1. The summed E-state index contributed by atoms with van der Waals surface area (Å²) in [6.07, 6.45) is 7.06. The summed E-state index contributed by atoms with van der Waals surface area (Å²) in [5.41, 5.74) is -0.679. The molecule has 8 nitrogen and oxygen atoms in total. The van der Waals surface area contributed by atoms with Crippen LogP contribution in [-0.4, -0.2) is 47.0 Å². The van der Waals surface area contributed by atoms with E-state index in [2.05, 4.69) is 5.32 Å². The second-order valence-electron chi connectivity index (χ2n) is 7.19. The number of nitrogens with two attached hydrogens (primary N) is 1. The molecule has 0 spiro atoms. The van der Waals surface area contributed by atoms with Crippen LogP contribution in [-0.2, 0) is 19.9 Å². The van der Waals surface area contributed by atoms with Crippen molar-refractivity contribution >= 4 is 25.5 Å². The van der Waals surface area contributed by atoms with Crippen LogP contribution in [0.4, 0.5) is 14.5 Å². The molecule has 0 bridgehead atoms. The molecule has 1 aromatic rings. The van der Waals surface area contributed by atoms with Crippen molar-refractivity contribution in [1.29, 1.82) is 0 Å². The molecule has 0 aromatic heterocycles. The van der Waals surface area contributed by atoms with Crippen LogP contribution in [0, 0.1) is 11.6 Å². The second-order valence-corrected chi connectivity index (χ2v) is 10.7. The van der Waals surface area contributed by atoms with Gasteiger partial charge in [0.15, 0.2) is 32.1 Å².